The van der Waals surface area contributed by atoms with E-state index in [1.54, 1.807) is 6.92 Å². The molecule has 0 aliphatic carbocycles. The Morgan fingerprint density at radius 3 is 2.59 bits per heavy atom. The van der Waals surface area contributed by atoms with Gasteiger partial charge < -0.3 is 10.3 Å². The molecule has 2 N–H and O–H groups in total. The molecule has 0 radical (unpaired) electrons. The third-order valence-corrected chi connectivity index (χ3v) is 3.13. The number of pyridine rings is 1. The van der Waals surface area contributed by atoms with Crippen molar-refractivity contribution in [3.63, 3.8) is 0 Å². The maximum absolute atomic E-state index is 11.9. The van der Waals surface area contributed by atoms with Crippen molar-refractivity contribution in [1.82, 2.24) is 10.3 Å². The van der Waals surface area contributed by atoms with Crippen LogP contribution in [0.2, 0.25) is 5.02 Å². The molecule has 94 valence electrons. The van der Waals surface area contributed by atoms with Crippen LogP contribution in [0.1, 0.15) is 42.7 Å². The molecule has 0 saturated heterocycles. The lowest BCUT2D eigenvalue weighted by molar-refractivity contribution is 0.0933. The van der Waals surface area contributed by atoms with Crippen LogP contribution in [-0.2, 0) is 0 Å². The van der Waals surface area contributed by atoms with Gasteiger partial charge in [0.2, 0.25) is 0 Å². The van der Waals surface area contributed by atoms with E-state index in [4.69, 9.17) is 11.6 Å². The fourth-order valence-electron chi connectivity index (χ4n) is 1.52. The van der Waals surface area contributed by atoms with Crippen LogP contribution in [-0.4, -0.2) is 16.9 Å². The van der Waals surface area contributed by atoms with Crippen molar-refractivity contribution in [3.05, 3.63) is 32.7 Å². The van der Waals surface area contributed by atoms with E-state index in [-0.39, 0.29) is 17.5 Å². The van der Waals surface area contributed by atoms with Gasteiger partial charge in [0.05, 0.1) is 5.02 Å². The van der Waals surface area contributed by atoms with Gasteiger partial charge in [0.1, 0.15) is 5.56 Å². The molecule has 0 aliphatic rings. The highest BCUT2D eigenvalue weighted by molar-refractivity contribution is 6.31. The van der Waals surface area contributed by atoms with Gasteiger partial charge in [-0.15, -0.1) is 0 Å². The van der Waals surface area contributed by atoms with E-state index in [0.29, 0.717) is 10.7 Å². The highest BCUT2D eigenvalue weighted by atomic mass is 35.5. The molecular formula is C12H17ClN2O2. The molecule has 1 amide bonds. The maximum atomic E-state index is 11.9. The Hall–Kier alpha value is -1.29. The van der Waals surface area contributed by atoms with Crippen LogP contribution in [0.25, 0.3) is 0 Å². The number of halogens is 1. The van der Waals surface area contributed by atoms with Gasteiger partial charge in [-0.3, -0.25) is 9.59 Å². The number of H-pyrrole nitrogens is 1. The van der Waals surface area contributed by atoms with Gasteiger partial charge in [-0.25, -0.2) is 0 Å². The largest absolute Gasteiger partial charge is 0.349 e. The van der Waals surface area contributed by atoms with E-state index in [2.05, 4.69) is 10.3 Å². The van der Waals surface area contributed by atoms with Crippen LogP contribution >= 0.6 is 11.6 Å². The van der Waals surface area contributed by atoms with Crippen molar-refractivity contribution in [2.75, 3.05) is 0 Å². The molecule has 0 spiro atoms. The van der Waals surface area contributed by atoms with Crippen LogP contribution in [0.4, 0.5) is 0 Å². The van der Waals surface area contributed by atoms with Crippen molar-refractivity contribution in [3.8, 4) is 0 Å². The normalized spacial score (nSPS) is 10.6. The second kappa shape index (κ2) is 5.87. The van der Waals surface area contributed by atoms with Gasteiger partial charge in [-0.2, -0.15) is 0 Å². The smallest absolute Gasteiger partial charge is 0.261 e. The van der Waals surface area contributed by atoms with Crippen molar-refractivity contribution >= 4 is 17.5 Å². The first-order valence-corrected chi connectivity index (χ1v) is 6.07. The lowest BCUT2D eigenvalue weighted by Crippen LogP contribution is -2.37. The van der Waals surface area contributed by atoms with Gasteiger partial charge in [0, 0.05) is 11.7 Å². The predicted molar refractivity (Wildman–Crippen MR) is 68.6 cm³/mol. The standard InChI is InChI=1S/C12H17ClN2O2/c1-4-8(5-2)15-12(17)9-6-10(13)7(3)14-11(9)16/h6,8H,4-5H2,1-3H3,(H,14,16)(H,15,17). The van der Waals surface area contributed by atoms with Gasteiger partial charge >= 0.3 is 0 Å². The van der Waals surface area contributed by atoms with Crippen LogP contribution in [0.5, 0.6) is 0 Å². The molecule has 4 nitrogen and oxygen atoms in total. The zero-order valence-electron chi connectivity index (χ0n) is 10.3. The maximum Gasteiger partial charge on any atom is 0.261 e. The molecule has 1 rings (SSSR count). The molecule has 17 heavy (non-hydrogen) atoms. The van der Waals surface area contributed by atoms with Crippen LogP contribution in [0, 0.1) is 6.92 Å². The third-order valence-electron chi connectivity index (χ3n) is 2.74. The Morgan fingerprint density at radius 1 is 1.47 bits per heavy atom. The summed E-state index contributed by atoms with van der Waals surface area (Å²) in [6.45, 7) is 5.66. The molecule has 0 fully saturated rings. The number of nitrogens with one attached hydrogen (secondary N) is 2. The molecule has 0 atom stereocenters. The lowest BCUT2D eigenvalue weighted by Gasteiger charge is -2.14. The summed E-state index contributed by atoms with van der Waals surface area (Å²) in [5, 5.41) is 3.19. The molecule has 1 aromatic rings. The summed E-state index contributed by atoms with van der Waals surface area (Å²) >= 11 is 5.88. The Kier molecular flexibility index (Phi) is 4.75. The first kappa shape index (κ1) is 13.8. The fourth-order valence-corrected chi connectivity index (χ4v) is 1.68. The highest BCUT2D eigenvalue weighted by Crippen LogP contribution is 2.11. The molecule has 0 aliphatic heterocycles. The second-order valence-corrected chi connectivity index (χ2v) is 4.38. The molecule has 0 unspecified atom stereocenters. The molecule has 5 heteroatoms. The molecule has 1 aromatic heterocycles. The molecule has 0 saturated carbocycles. The fraction of sp³-hybridized carbons (Fsp3) is 0.500. The van der Waals surface area contributed by atoms with Crippen LogP contribution < -0.4 is 10.9 Å². The van der Waals surface area contributed by atoms with Gasteiger partial charge in [-0.1, -0.05) is 25.4 Å². The topological polar surface area (TPSA) is 62.0 Å². The third kappa shape index (κ3) is 3.33. The molecule has 1 heterocycles. The Morgan fingerprint density at radius 2 is 2.06 bits per heavy atom. The number of rotatable bonds is 4. The number of aryl methyl sites for hydroxylation is 1. The number of hydrogen-bond donors (Lipinski definition) is 2. The SMILES string of the molecule is CCC(CC)NC(=O)c1cc(Cl)c(C)[nH]c1=O. The zero-order chi connectivity index (χ0) is 13.0. The van der Waals surface area contributed by atoms with E-state index in [1.165, 1.54) is 6.07 Å². The Balaban J connectivity index is 2.97. The average molecular weight is 257 g/mol. The Bertz CT molecular complexity index is 464. The predicted octanol–water partition coefficient (Wildman–Crippen LogP) is 2.26. The van der Waals surface area contributed by atoms with Crippen molar-refractivity contribution in [2.24, 2.45) is 0 Å². The minimum absolute atomic E-state index is 0.0625. The van der Waals surface area contributed by atoms with Crippen LogP contribution in [0.3, 0.4) is 0 Å². The summed E-state index contributed by atoms with van der Waals surface area (Å²) in [6, 6.07) is 1.50. The number of carbonyl (C=O) groups is 1. The van der Waals surface area contributed by atoms with Crippen molar-refractivity contribution in [1.29, 1.82) is 0 Å². The number of carbonyl (C=O) groups excluding carboxylic acids is 1. The number of amides is 1. The summed E-state index contributed by atoms with van der Waals surface area (Å²) < 4.78 is 0. The molecule has 0 bridgehead atoms. The number of aromatic nitrogens is 1. The Labute approximate surface area is 105 Å². The first-order valence-electron chi connectivity index (χ1n) is 5.69. The summed E-state index contributed by atoms with van der Waals surface area (Å²) in [7, 11) is 0. The molecular weight excluding hydrogens is 240 g/mol. The zero-order valence-corrected chi connectivity index (χ0v) is 11.0. The summed E-state index contributed by atoms with van der Waals surface area (Å²) in [6.07, 6.45) is 1.67. The summed E-state index contributed by atoms with van der Waals surface area (Å²) in [5.74, 6) is -0.373. The lowest BCUT2D eigenvalue weighted by atomic mass is 10.1. The van der Waals surface area contributed by atoms with E-state index in [9.17, 15) is 9.59 Å². The number of hydrogen-bond acceptors (Lipinski definition) is 2. The highest BCUT2D eigenvalue weighted by Gasteiger charge is 2.15. The summed E-state index contributed by atoms with van der Waals surface area (Å²) in [5.41, 5.74) is 0.221. The van der Waals surface area contributed by atoms with Crippen molar-refractivity contribution < 1.29 is 4.79 Å². The van der Waals surface area contributed by atoms with E-state index >= 15 is 0 Å². The second-order valence-electron chi connectivity index (χ2n) is 3.97. The average Bonchev–Trinajstić information content (AvgIpc) is 2.30. The minimum atomic E-state index is -0.407. The number of aromatic amines is 1. The van der Waals surface area contributed by atoms with Gasteiger partial charge in [-0.05, 0) is 25.8 Å². The minimum Gasteiger partial charge on any atom is -0.349 e. The quantitative estimate of drug-likeness (QED) is 0.868. The first-order chi connectivity index (χ1) is 7.99. The van der Waals surface area contributed by atoms with E-state index in [1.807, 2.05) is 13.8 Å². The van der Waals surface area contributed by atoms with Gasteiger partial charge in [0.15, 0.2) is 0 Å². The molecule has 0 aromatic carbocycles. The van der Waals surface area contributed by atoms with E-state index < -0.39 is 5.56 Å². The monoisotopic (exact) mass is 256 g/mol. The van der Waals surface area contributed by atoms with Crippen molar-refractivity contribution in [2.45, 2.75) is 39.7 Å². The summed E-state index contributed by atoms with van der Waals surface area (Å²) in [4.78, 5) is 26.0. The van der Waals surface area contributed by atoms with E-state index in [0.717, 1.165) is 12.8 Å². The van der Waals surface area contributed by atoms with Gasteiger partial charge in [0.25, 0.3) is 11.5 Å². The van der Waals surface area contributed by atoms with Crippen LogP contribution in [0.15, 0.2) is 10.9 Å².